The zero-order valence-electron chi connectivity index (χ0n) is 7.00. The molecule has 0 aliphatic carbocycles. The highest BCUT2D eigenvalue weighted by atomic mass is 32.2. The van der Waals surface area contributed by atoms with Gasteiger partial charge in [-0.1, -0.05) is 17.8 Å². The smallest absolute Gasteiger partial charge is 0.225 e. The molecule has 0 bridgehead atoms. The Morgan fingerprint density at radius 1 is 1.36 bits per heavy atom. The van der Waals surface area contributed by atoms with Crippen molar-refractivity contribution in [3.8, 4) is 0 Å². The highest BCUT2D eigenvalue weighted by Crippen LogP contribution is 2.38. The molecule has 0 spiro atoms. The lowest BCUT2D eigenvalue weighted by Crippen LogP contribution is -2.29. The van der Waals surface area contributed by atoms with Gasteiger partial charge in [-0.05, 0) is 19.3 Å². The fourth-order valence-corrected chi connectivity index (χ4v) is 2.02. The van der Waals surface area contributed by atoms with E-state index in [0.717, 1.165) is 6.42 Å². The Labute approximate surface area is 71.9 Å². The van der Waals surface area contributed by atoms with Crippen LogP contribution in [0.15, 0.2) is 11.5 Å². The summed E-state index contributed by atoms with van der Waals surface area (Å²) in [6, 6.07) is 0. The number of ether oxygens (including phenoxy) is 2. The van der Waals surface area contributed by atoms with Crippen molar-refractivity contribution in [1.82, 2.24) is 0 Å². The normalized spacial score (nSPS) is 20.9. The molecule has 3 heteroatoms. The van der Waals surface area contributed by atoms with E-state index in [1.54, 1.807) is 11.8 Å². The summed E-state index contributed by atoms with van der Waals surface area (Å²) in [5.41, 5.74) is 0. The van der Waals surface area contributed by atoms with Gasteiger partial charge in [-0.3, -0.25) is 0 Å². The summed E-state index contributed by atoms with van der Waals surface area (Å²) in [5, 5.41) is 1.63. The second-order valence-corrected chi connectivity index (χ2v) is 3.37. The van der Waals surface area contributed by atoms with E-state index in [9.17, 15) is 0 Å². The molecular weight excluding hydrogens is 160 g/mol. The first-order valence-corrected chi connectivity index (χ1v) is 4.81. The summed E-state index contributed by atoms with van der Waals surface area (Å²) in [6.07, 6.45) is 2.94. The molecule has 1 heterocycles. The highest BCUT2D eigenvalue weighted by molar-refractivity contribution is 8.03. The first-order chi connectivity index (χ1) is 5.33. The second-order valence-electron chi connectivity index (χ2n) is 2.24. The third kappa shape index (κ3) is 2.22. The lowest BCUT2D eigenvalue weighted by Gasteiger charge is -2.26. The fourth-order valence-electron chi connectivity index (χ4n) is 1.06. The van der Waals surface area contributed by atoms with Gasteiger partial charge in [-0.2, -0.15) is 0 Å². The minimum absolute atomic E-state index is 0.399. The van der Waals surface area contributed by atoms with E-state index in [2.05, 4.69) is 6.08 Å². The van der Waals surface area contributed by atoms with Gasteiger partial charge in [0.15, 0.2) is 0 Å². The molecule has 2 nitrogen and oxygen atoms in total. The zero-order valence-corrected chi connectivity index (χ0v) is 7.82. The van der Waals surface area contributed by atoms with E-state index in [0.29, 0.717) is 13.2 Å². The first kappa shape index (κ1) is 9.10. The molecule has 0 aromatic heterocycles. The average molecular weight is 174 g/mol. The maximum atomic E-state index is 5.51. The molecule has 0 unspecified atom stereocenters. The van der Waals surface area contributed by atoms with Crippen molar-refractivity contribution < 1.29 is 9.47 Å². The minimum atomic E-state index is -0.399. The summed E-state index contributed by atoms with van der Waals surface area (Å²) in [7, 11) is 0. The van der Waals surface area contributed by atoms with Gasteiger partial charge in [0.2, 0.25) is 5.12 Å². The summed E-state index contributed by atoms with van der Waals surface area (Å²) in [6.45, 7) is 5.38. The summed E-state index contributed by atoms with van der Waals surface area (Å²) < 4.78 is 11.0. The van der Waals surface area contributed by atoms with Crippen LogP contribution in [0.25, 0.3) is 0 Å². The van der Waals surface area contributed by atoms with Crippen LogP contribution < -0.4 is 0 Å². The van der Waals surface area contributed by atoms with Crippen LogP contribution in [0.1, 0.15) is 20.3 Å². The fraction of sp³-hybridized carbons (Fsp3) is 0.750. The second kappa shape index (κ2) is 4.14. The Kier molecular flexibility index (Phi) is 3.43. The van der Waals surface area contributed by atoms with Gasteiger partial charge in [0.1, 0.15) is 0 Å². The molecule has 0 saturated carbocycles. The lowest BCUT2D eigenvalue weighted by atomic mass is 10.4. The Morgan fingerprint density at radius 2 is 2.00 bits per heavy atom. The third-order valence-electron chi connectivity index (χ3n) is 1.44. The number of thioether (sulfide) groups is 1. The lowest BCUT2D eigenvalue weighted by molar-refractivity contribution is -0.160. The molecule has 1 aliphatic heterocycles. The number of hydrogen-bond donors (Lipinski definition) is 0. The van der Waals surface area contributed by atoms with Crippen molar-refractivity contribution >= 4 is 11.8 Å². The van der Waals surface area contributed by atoms with E-state index in [1.807, 2.05) is 19.3 Å². The van der Waals surface area contributed by atoms with E-state index >= 15 is 0 Å². The molecule has 1 rings (SSSR count). The molecule has 0 atom stereocenters. The van der Waals surface area contributed by atoms with Crippen LogP contribution in [-0.2, 0) is 9.47 Å². The molecule has 0 aromatic carbocycles. The maximum absolute atomic E-state index is 5.51. The minimum Gasteiger partial charge on any atom is -0.341 e. The predicted octanol–water partition coefficient (Wildman–Crippen LogP) is 2.36. The van der Waals surface area contributed by atoms with Crippen molar-refractivity contribution in [2.75, 3.05) is 13.2 Å². The Bertz CT molecular complexity index is 129. The van der Waals surface area contributed by atoms with Crippen LogP contribution in [0.2, 0.25) is 0 Å². The van der Waals surface area contributed by atoms with Gasteiger partial charge in [-0.15, -0.1) is 0 Å². The van der Waals surface area contributed by atoms with Crippen LogP contribution >= 0.6 is 11.8 Å². The molecule has 0 fully saturated rings. The van der Waals surface area contributed by atoms with Crippen molar-refractivity contribution in [3.63, 3.8) is 0 Å². The van der Waals surface area contributed by atoms with Gasteiger partial charge in [-0.25, -0.2) is 0 Å². The Hall–Kier alpha value is 0.01000. The molecule has 0 saturated heterocycles. The van der Waals surface area contributed by atoms with Crippen LogP contribution in [0.5, 0.6) is 0 Å². The van der Waals surface area contributed by atoms with Crippen LogP contribution in [0, 0.1) is 0 Å². The summed E-state index contributed by atoms with van der Waals surface area (Å²) in [5.74, 6) is 0. The molecule has 0 amide bonds. The third-order valence-corrected chi connectivity index (χ3v) is 2.53. The van der Waals surface area contributed by atoms with Crippen molar-refractivity contribution in [2.45, 2.75) is 25.4 Å². The van der Waals surface area contributed by atoms with E-state index in [1.165, 1.54) is 0 Å². The van der Waals surface area contributed by atoms with Gasteiger partial charge in [0.25, 0.3) is 0 Å². The molecule has 0 radical (unpaired) electrons. The molecule has 0 N–H and O–H groups in total. The molecule has 11 heavy (non-hydrogen) atoms. The summed E-state index contributed by atoms with van der Waals surface area (Å²) >= 11 is 1.61. The van der Waals surface area contributed by atoms with Gasteiger partial charge in [0.05, 0.1) is 0 Å². The van der Waals surface area contributed by atoms with Crippen LogP contribution in [0.3, 0.4) is 0 Å². The monoisotopic (exact) mass is 174 g/mol. The van der Waals surface area contributed by atoms with E-state index in [4.69, 9.17) is 9.47 Å². The molecule has 64 valence electrons. The zero-order chi connectivity index (χ0) is 8.16. The Morgan fingerprint density at radius 3 is 2.36 bits per heavy atom. The summed E-state index contributed by atoms with van der Waals surface area (Å²) in [4.78, 5) is 0. The largest absolute Gasteiger partial charge is 0.341 e. The van der Waals surface area contributed by atoms with Crippen LogP contribution in [-0.4, -0.2) is 18.3 Å². The quantitative estimate of drug-likeness (QED) is 0.610. The highest BCUT2D eigenvalue weighted by Gasteiger charge is 2.32. The van der Waals surface area contributed by atoms with Gasteiger partial charge < -0.3 is 9.47 Å². The van der Waals surface area contributed by atoms with E-state index in [-0.39, 0.29) is 0 Å². The maximum Gasteiger partial charge on any atom is 0.225 e. The molecule has 1 aliphatic rings. The Balaban J connectivity index is 2.43. The van der Waals surface area contributed by atoms with E-state index < -0.39 is 5.12 Å². The van der Waals surface area contributed by atoms with Crippen LogP contribution in [0.4, 0.5) is 0 Å². The topological polar surface area (TPSA) is 18.5 Å². The van der Waals surface area contributed by atoms with Crippen molar-refractivity contribution in [2.24, 2.45) is 0 Å². The van der Waals surface area contributed by atoms with Gasteiger partial charge >= 0.3 is 0 Å². The molecular formula is C8H14O2S. The van der Waals surface area contributed by atoms with Gasteiger partial charge in [0, 0.05) is 19.6 Å². The predicted molar refractivity (Wildman–Crippen MR) is 47.3 cm³/mol. The number of rotatable bonds is 4. The average Bonchev–Trinajstić information content (AvgIpc) is 2.39. The standard InChI is InChI=1S/C8H14O2S/c1-3-9-8(10-4-2)6-5-7-11-8/h5,7H,3-4,6H2,1-2H3. The van der Waals surface area contributed by atoms with Crippen molar-refractivity contribution in [3.05, 3.63) is 11.5 Å². The SMILES string of the molecule is CCOC1(OCC)CC=CS1. The first-order valence-electron chi connectivity index (χ1n) is 3.93. The van der Waals surface area contributed by atoms with Crippen molar-refractivity contribution in [1.29, 1.82) is 0 Å². The number of hydrogen-bond acceptors (Lipinski definition) is 3. The molecule has 0 aromatic rings.